The minimum absolute atomic E-state index is 0.0628. The minimum Gasteiger partial charge on any atom is -0.394 e. The molecule has 2 amide bonds. The second-order valence-corrected chi connectivity index (χ2v) is 5.65. The van der Waals surface area contributed by atoms with Gasteiger partial charge < -0.3 is 15.7 Å². The summed E-state index contributed by atoms with van der Waals surface area (Å²) < 4.78 is 0. The first-order valence-electron chi connectivity index (χ1n) is 7.03. The van der Waals surface area contributed by atoms with Crippen molar-refractivity contribution in [3.8, 4) is 0 Å². The molecule has 20 heavy (non-hydrogen) atoms. The smallest absolute Gasteiger partial charge is 0.315 e. The van der Waals surface area contributed by atoms with Crippen molar-refractivity contribution in [2.45, 2.75) is 39.8 Å². The zero-order valence-corrected chi connectivity index (χ0v) is 12.6. The molecule has 1 rings (SSSR count). The fourth-order valence-corrected chi connectivity index (χ4v) is 1.98. The van der Waals surface area contributed by atoms with Crippen LogP contribution >= 0.6 is 0 Å². The Morgan fingerprint density at radius 3 is 2.20 bits per heavy atom. The topological polar surface area (TPSA) is 74.2 Å². The molecule has 2 atom stereocenters. The third kappa shape index (κ3) is 4.81. The molecule has 5 nitrogen and oxygen atoms in total. The molecule has 0 radical (unpaired) electrons. The quantitative estimate of drug-likeness (QED) is 0.746. The number of nitrogens with one attached hydrogen (secondary N) is 2. The van der Waals surface area contributed by atoms with Crippen LogP contribution in [0.1, 0.15) is 39.3 Å². The number of aromatic nitrogens is 1. The van der Waals surface area contributed by atoms with Crippen LogP contribution in [-0.2, 0) is 0 Å². The predicted molar refractivity (Wildman–Crippen MR) is 79.2 cm³/mol. The van der Waals surface area contributed by atoms with Crippen LogP contribution in [0, 0.1) is 11.8 Å². The average molecular weight is 279 g/mol. The fraction of sp³-hybridized carbons (Fsp3) is 0.600. The lowest BCUT2D eigenvalue weighted by molar-refractivity contribution is 0.194. The first kappa shape index (κ1) is 16.4. The molecule has 1 aromatic rings. The van der Waals surface area contributed by atoms with E-state index < -0.39 is 0 Å². The highest BCUT2D eigenvalue weighted by molar-refractivity contribution is 5.74. The van der Waals surface area contributed by atoms with Gasteiger partial charge in [-0.15, -0.1) is 0 Å². The summed E-state index contributed by atoms with van der Waals surface area (Å²) in [6.45, 7) is 7.97. The SMILES string of the molecule is CC(C)C(NC(=O)N[C@H](CO)C(C)C)c1ccncc1. The van der Waals surface area contributed by atoms with Gasteiger partial charge in [-0.05, 0) is 29.5 Å². The summed E-state index contributed by atoms with van der Waals surface area (Å²) in [7, 11) is 0. The Bertz CT molecular complexity index is 407. The summed E-state index contributed by atoms with van der Waals surface area (Å²) in [4.78, 5) is 16.0. The van der Waals surface area contributed by atoms with Crippen LogP contribution in [0.3, 0.4) is 0 Å². The molecule has 0 bridgehead atoms. The number of nitrogens with zero attached hydrogens (tertiary/aromatic N) is 1. The number of amides is 2. The van der Waals surface area contributed by atoms with E-state index in [0.717, 1.165) is 5.56 Å². The van der Waals surface area contributed by atoms with Gasteiger partial charge in [0, 0.05) is 12.4 Å². The molecule has 0 aromatic carbocycles. The molecule has 112 valence electrons. The Morgan fingerprint density at radius 2 is 1.75 bits per heavy atom. The largest absolute Gasteiger partial charge is 0.394 e. The number of carbonyl (C=O) groups excluding carboxylic acids is 1. The Hall–Kier alpha value is -1.62. The Labute approximate surface area is 120 Å². The number of hydrogen-bond acceptors (Lipinski definition) is 3. The predicted octanol–water partition coefficient (Wildman–Crippen LogP) is 2.09. The van der Waals surface area contributed by atoms with E-state index in [-0.39, 0.29) is 36.6 Å². The van der Waals surface area contributed by atoms with Crippen LogP contribution < -0.4 is 10.6 Å². The summed E-state index contributed by atoms with van der Waals surface area (Å²) in [6, 6.07) is 3.23. The molecule has 1 heterocycles. The lowest BCUT2D eigenvalue weighted by Gasteiger charge is -2.26. The Balaban J connectivity index is 2.70. The molecule has 5 heteroatoms. The number of rotatable bonds is 6. The van der Waals surface area contributed by atoms with Crippen LogP contribution in [0.25, 0.3) is 0 Å². The number of urea groups is 1. The van der Waals surface area contributed by atoms with Crippen molar-refractivity contribution in [1.82, 2.24) is 15.6 Å². The van der Waals surface area contributed by atoms with Gasteiger partial charge in [-0.3, -0.25) is 4.98 Å². The highest BCUT2D eigenvalue weighted by Gasteiger charge is 2.20. The number of aliphatic hydroxyl groups excluding tert-OH is 1. The first-order valence-corrected chi connectivity index (χ1v) is 7.03. The van der Waals surface area contributed by atoms with Crippen LogP contribution in [0.4, 0.5) is 4.79 Å². The van der Waals surface area contributed by atoms with Gasteiger partial charge in [0.1, 0.15) is 0 Å². The summed E-state index contributed by atoms with van der Waals surface area (Å²) in [5.41, 5.74) is 1.02. The highest BCUT2D eigenvalue weighted by atomic mass is 16.3. The maximum atomic E-state index is 12.1. The van der Waals surface area contributed by atoms with E-state index in [1.807, 2.05) is 26.0 Å². The summed E-state index contributed by atoms with van der Waals surface area (Å²) in [5.74, 6) is 0.443. The summed E-state index contributed by atoms with van der Waals surface area (Å²) >= 11 is 0. The average Bonchev–Trinajstić information content (AvgIpc) is 2.42. The third-order valence-electron chi connectivity index (χ3n) is 3.34. The van der Waals surface area contributed by atoms with Crippen molar-refractivity contribution in [2.24, 2.45) is 11.8 Å². The van der Waals surface area contributed by atoms with E-state index in [1.54, 1.807) is 12.4 Å². The molecule has 0 saturated carbocycles. The number of aliphatic hydroxyl groups is 1. The van der Waals surface area contributed by atoms with E-state index in [0.29, 0.717) is 0 Å². The molecular weight excluding hydrogens is 254 g/mol. The molecule has 0 aliphatic heterocycles. The van der Waals surface area contributed by atoms with Crippen molar-refractivity contribution in [1.29, 1.82) is 0 Å². The van der Waals surface area contributed by atoms with Gasteiger partial charge in [0.2, 0.25) is 0 Å². The highest BCUT2D eigenvalue weighted by Crippen LogP contribution is 2.20. The van der Waals surface area contributed by atoms with E-state index in [4.69, 9.17) is 0 Å². The molecule has 0 saturated heterocycles. The van der Waals surface area contributed by atoms with Crippen LogP contribution in [-0.4, -0.2) is 28.8 Å². The zero-order chi connectivity index (χ0) is 15.1. The molecule has 1 aromatic heterocycles. The standard InChI is InChI=1S/C15H25N3O2/c1-10(2)13(9-19)17-15(20)18-14(11(3)4)12-5-7-16-8-6-12/h5-8,10-11,13-14,19H,9H2,1-4H3,(H2,17,18,20)/t13-,14?/m1/s1. The van der Waals surface area contributed by atoms with Crippen molar-refractivity contribution >= 4 is 6.03 Å². The fourth-order valence-electron chi connectivity index (χ4n) is 1.98. The van der Waals surface area contributed by atoms with Crippen LogP contribution in [0.5, 0.6) is 0 Å². The molecular formula is C15H25N3O2. The van der Waals surface area contributed by atoms with Gasteiger partial charge in [0.15, 0.2) is 0 Å². The van der Waals surface area contributed by atoms with Crippen LogP contribution in [0.2, 0.25) is 0 Å². The monoisotopic (exact) mass is 279 g/mol. The third-order valence-corrected chi connectivity index (χ3v) is 3.34. The van der Waals surface area contributed by atoms with Crippen molar-refractivity contribution in [3.63, 3.8) is 0 Å². The van der Waals surface area contributed by atoms with E-state index in [9.17, 15) is 9.90 Å². The molecule has 1 unspecified atom stereocenters. The molecule has 0 aliphatic rings. The second kappa shape index (κ2) is 7.85. The van der Waals surface area contributed by atoms with Gasteiger partial charge in [-0.25, -0.2) is 4.79 Å². The van der Waals surface area contributed by atoms with E-state index >= 15 is 0 Å². The van der Waals surface area contributed by atoms with E-state index in [1.165, 1.54) is 0 Å². The van der Waals surface area contributed by atoms with Gasteiger partial charge in [-0.1, -0.05) is 27.7 Å². The van der Waals surface area contributed by atoms with Gasteiger partial charge in [-0.2, -0.15) is 0 Å². The van der Waals surface area contributed by atoms with Gasteiger partial charge >= 0.3 is 6.03 Å². The second-order valence-electron chi connectivity index (χ2n) is 5.65. The van der Waals surface area contributed by atoms with Crippen LogP contribution in [0.15, 0.2) is 24.5 Å². The normalized spacial score (nSPS) is 14.2. The van der Waals surface area contributed by atoms with Crippen molar-refractivity contribution in [3.05, 3.63) is 30.1 Å². The van der Waals surface area contributed by atoms with E-state index in [2.05, 4.69) is 29.5 Å². The first-order chi connectivity index (χ1) is 9.45. The van der Waals surface area contributed by atoms with Crippen molar-refractivity contribution in [2.75, 3.05) is 6.61 Å². The maximum absolute atomic E-state index is 12.1. The molecule has 0 aliphatic carbocycles. The lowest BCUT2D eigenvalue weighted by Crippen LogP contribution is -2.48. The number of pyridine rings is 1. The summed E-state index contributed by atoms with van der Waals surface area (Å²) in [5, 5.41) is 15.0. The Morgan fingerprint density at radius 1 is 1.15 bits per heavy atom. The minimum atomic E-state index is -0.256. The maximum Gasteiger partial charge on any atom is 0.315 e. The lowest BCUT2D eigenvalue weighted by atomic mass is 9.97. The Kier molecular flexibility index (Phi) is 6.45. The molecule has 0 fully saturated rings. The number of hydrogen-bond donors (Lipinski definition) is 3. The number of carbonyl (C=O) groups is 1. The van der Waals surface area contributed by atoms with Gasteiger partial charge in [0.05, 0.1) is 18.7 Å². The molecule has 3 N–H and O–H groups in total. The zero-order valence-electron chi connectivity index (χ0n) is 12.6. The van der Waals surface area contributed by atoms with Gasteiger partial charge in [0.25, 0.3) is 0 Å². The van der Waals surface area contributed by atoms with Crippen molar-refractivity contribution < 1.29 is 9.90 Å². The summed E-state index contributed by atoms with van der Waals surface area (Å²) in [6.07, 6.45) is 3.43. The molecule has 0 spiro atoms.